The lowest BCUT2D eigenvalue weighted by Gasteiger charge is -2.41. The second-order valence-corrected chi connectivity index (χ2v) is 13.0. The summed E-state index contributed by atoms with van der Waals surface area (Å²) >= 11 is 0. The number of benzene rings is 3. The van der Waals surface area contributed by atoms with Gasteiger partial charge in [-0.1, -0.05) is 69.3 Å². The van der Waals surface area contributed by atoms with E-state index in [1.165, 1.54) is 6.07 Å². The first-order chi connectivity index (χ1) is 20.3. The molecular weight excluding hydrogens is 551 g/mol. The molecule has 2 heterocycles. The van der Waals surface area contributed by atoms with Gasteiger partial charge in [0.25, 0.3) is 11.8 Å². The van der Waals surface area contributed by atoms with Gasteiger partial charge < -0.3 is 10.2 Å². The quantitative estimate of drug-likeness (QED) is 0.323. The molecule has 0 bridgehead atoms. The van der Waals surface area contributed by atoms with Gasteiger partial charge in [-0.2, -0.15) is 0 Å². The zero-order chi connectivity index (χ0) is 30.9. The number of nitrogens with zero attached hydrogens (tertiary/aromatic N) is 2. The molecule has 0 spiro atoms. The Kier molecular flexibility index (Phi) is 8.70. The van der Waals surface area contributed by atoms with Crippen molar-refractivity contribution in [2.45, 2.75) is 70.9 Å². The number of anilines is 1. The summed E-state index contributed by atoms with van der Waals surface area (Å²) < 4.78 is 42.4. The van der Waals surface area contributed by atoms with Crippen LogP contribution < -0.4 is 5.32 Å². The lowest BCUT2D eigenvalue weighted by molar-refractivity contribution is -0.123. The maximum Gasteiger partial charge on any atom is 0.261 e. The molecule has 2 aliphatic rings. The van der Waals surface area contributed by atoms with Gasteiger partial charge in [0.05, 0.1) is 24.1 Å². The van der Waals surface area contributed by atoms with Crippen LogP contribution in [0.4, 0.5) is 18.9 Å². The van der Waals surface area contributed by atoms with E-state index in [1.54, 1.807) is 28.9 Å². The topological polar surface area (TPSA) is 52.7 Å². The molecule has 1 N–H and O–H groups in total. The van der Waals surface area contributed by atoms with E-state index in [0.29, 0.717) is 43.7 Å². The summed E-state index contributed by atoms with van der Waals surface area (Å²) in [6, 6.07) is 19.2. The molecule has 2 unspecified atom stereocenters. The Labute approximate surface area is 252 Å². The number of carbonyl (C=O) groups is 2. The number of nitrogens with one attached hydrogen (secondary N) is 1. The van der Waals surface area contributed by atoms with Crippen LogP contribution in [-0.2, 0) is 16.8 Å². The summed E-state index contributed by atoms with van der Waals surface area (Å²) in [6.45, 7) is 8.88. The van der Waals surface area contributed by atoms with Crippen LogP contribution in [-0.4, -0.2) is 47.2 Å². The highest BCUT2D eigenvalue weighted by Gasteiger charge is 2.41. The first-order valence-electron chi connectivity index (χ1n) is 15.0. The molecule has 5 nitrogen and oxygen atoms in total. The van der Waals surface area contributed by atoms with E-state index in [9.17, 15) is 22.8 Å². The molecule has 228 valence electrons. The van der Waals surface area contributed by atoms with Crippen molar-refractivity contribution in [2.75, 3.05) is 25.0 Å². The Bertz CT molecular complexity index is 1460. The normalized spacial score (nSPS) is 20.7. The summed E-state index contributed by atoms with van der Waals surface area (Å²) in [5, 5.41) is 3.08. The van der Waals surface area contributed by atoms with Crippen LogP contribution in [0.25, 0.3) is 0 Å². The molecule has 5 rings (SSSR count). The lowest BCUT2D eigenvalue weighted by Crippen LogP contribution is -2.46. The second kappa shape index (κ2) is 12.2. The number of amides is 2. The predicted octanol–water partition coefficient (Wildman–Crippen LogP) is 7.50. The van der Waals surface area contributed by atoms with E-state index in [4.69, 9.17) is 0 Å². The third-order valence-electron chi connectivity index (χ3n) is 8.64. The monoisotopic (exact) mass is 591 g/mol. The summed E-state index contributed by atoms with van der Waals surface area (Å²) in [6.07, 6.45) is 1.01. The Morgan fingerprint density at radius 1 is 1.00 bits per heavy atom. The molecule has 0 radical (unpaired) electrons. The van der Waals surface area contributed by atoms with E-state index < -0.39 is 29.6 Å². The molecule has 8 heteroatoms. The van der Waals surface area contributed by atoms with Gasteiger partial charge in [-0.05, 0) is 65.6 Å². The molecule has 3 aromatic carbocycles. The smallest absolute Gasteiger partial charge is 0.261 e. The lowest BCUT2D eigenvalue weighted by atomic mass is 9.82. The first-order valence-corrected chi connectivity index (χ1v) is 15.0. The van der Waals surface area contributed by atoms with Crippen molar-refractivity contribution in [2.24, 2.45) is 5.92 Å². The van der Waals surface area contributed by atoms with Crippen LogP contribution in [0, 0.1) is 18.7 Å². The number of piperidine rings is 1. The van der Waals surface area contributed by atoms with Crippen molar-refractivity contribution in [1.29, 1.82) is 0 Å². The summed E-state index contributed by atoms with van der Waals surface area (Å²) in [4.78, 5) is 31.2. The fourth-order valence-electron chi connectivity index (χ4n) is 6.28. The molecule has 2 atom stereocenters. The zero-order valence-electron chi connectivity index (χ0n) is 25.3. The molecule has 2 fully saturated rings. The van der Waals surface area contributed by atoms with Crippen LogP contribution in [0.1, 0.15) is 78.7 Å². The largest absolute Gasteiger partial charge is 0.331 e. The molecule has 0 aliphatic carbocycles. The van der Waals surface area contributed by atoms with Crippen LogP contribution in [0.15, 0.2) is 66.7 Å². The van der Waals surface area contributed by atoms with Gasteiger partial charge in [-0.15, -0.1) is 0 Å². The fourth-order valence-corrected chi connectivity index (χ4v) is 6.28. The van der Waals surface area contributed by atoms with E-state index in [-0.39, 0.29) is 29.9 Å². The second-order valence-electron chi connectivity index (χ2n) is 13.0. The third kappa shape index (κ3) is 6.96. The molecule has 2 amide bonds. The van der Waals surface area contributed by atoms with Crippen molar-refractivity contribution in [3.8, 4) is 0 Å². The van der Waals surface area contributed by atoms with Gasteiger partial charge in [-0.25, -0.2) is 13.2 Å². The van der Waals surface area contributed by atoms with Crippen LogP contribution in [0.5, 0.6) is 0 Å². The number of carbonyl (C=O) groups excluding carboxylic acids is 2. The van der Waals surface area contributed by atoms with Gasteiger partial charge in [0.15, 0.2) is 0 Å². The highest BCUT2D eigenvalue weighted by atomic mass is 19.3. The molecule has 43 heavy (non-hydrogen) atoms. The minimum Gasteiger partial charge on any atom is -0.331 e. The SMILES string of the molecule is Cc1cccc(F)c1C(=O)N1CCCC(C(=O)Nc2cccc(C(C)(C)C)c2)C1c1ccc(CN2CCC(F)(F)C2)cc1. The zero-order valence-corrected chi connectivity index (χ0v) is 25.3. The standard InChI is InChI=1S/C35H40F3N3O2/c1-23-8-5-12-29(36)30(23)33(43)41-18-7-11-28(32(42)39-27-10-6-9-26(20-27)34(2,3)4)31(41)25-15-13-24(14-16-25)21-40-19-17-35(37,38)22-40/h5-6,8-10,12-16,20,28,31H,7,11,17-19,21-22H2,1-4H3,(H,39,42). The highest BCUT2D eigenvalue weighted by Crippen LogP contribution is 2.39. The third-order valence-corrected chi connectivity index (χ3v) is 8.64. The minimum absolute atomic E-state index is 0.0121. The van der Waals surface area contributed by atoms with Gasteiger partial charge in [0.2, 0.25) is 5.91 Å². The average molecular weight is 592 g/mol. The highest BCUT2D eigenvalue weighted by molar-refractivity contribution is 5.98. The van der Waals surface area contributed by atoms with Gasteiger partial charge >= 0.3 is 0 Å². The first kappa shape index (κ1) is 30.8. The van der Waals surface area contributed by atoms with Crippen molar-refractivity contribution in [3.05, 3.63) is 100 Å². The molecule has 0 aromatic heterocycles. The molecular formula is C35H40F3N3O2. The minimum atomic E-state index is -2.67. The maximum absolute atomic E-state index is 15.0. The van der Waals surface area contributed by atoms with Crippen molar-refractivity contribution in [3.63, 3.8) is 0 Å². The number of rotatable bonds is 6. The van der Waals surface area contributed by atoms with E-state index in [1.807, 2.05) is 48.5 Å². The Hall–Kier alpha value is -3.65. The Morgan fingerprint density at radius 2 is 1.72 bits per heavy atom. The van der Waals surface area contributed by atoms with Gasteiger partial charge in [0.1, 0.15) is 5.82 Å². The number of likely N-dealkylation sites (tertiary alicyclic amines) is 2. The summed E-state index contributed by atoms with van der Waals surface area (Å²) in [7, 11) is 0. The van der Waals surface area contributed by atoms with Gasteiger partial charge in [-0.3, -0.25) is 14.5 Å². The number of aryl methyl sites for hydroxylation is 1. The average Bonchev–Trinajstić information content (AvgIpc) is 3.30. The Balaban J connectivity index is 1.46. The fraction of sp³-hybridized carbons (Fsp3) is 0.429. The van der Waals surface area contributed by atoms with E-state index >= 15 is 0 Å². The summed E-state index contributed by atoms with van der Waals surface area (Å²) in [5.41, 5.74) is 3.85. The van der Waals surface area contributed by atoms with Crippen LogP contribution >= 0.6 is 0 Å². The van der Waals surface area contributed by atoms with Crippen molar-refractivity contribution in [1.82, 2.24) is 9.80 Å². The van der Waals surface area contributed by atoms with Crippen LogP contribution in [0.2, 0.25) is 0 Å². The van der Waals surface area contributed by atoms with Crippen molar-refractivity contribution >= 4 is 17.5 Å². The maximum atomic E-state index is 15.0. The predicted molar refractivity (Wildman–Crippen MR) is 163 cm³/mol. The van der Waals surface area contributed by atoms with Crippen molar-refractivity contribution < 1.29 is 22.8 Å². The number of hydrogen-bond acceptors (Lipinski definition) is 3. The molecule has 2 aliphatic heterocycles. The van der Waals surface area contributed by atoms with Crippen LogP contribution in [0.3, 0.4) is 0 Å². The number of alkyl halides is 2. The number of hydrogen-bond donors (Lipinski definition) is 1. The number of halogens is 3. The molecule has 3 aromatic rings. The Morgan fingerprint density at radius 3 is 2.37 bits per heavy atom. The van der Waals surface area contributed by atoms with E-state index in [0.717, 1.165) is 16.7 Å². The molecule has 0 saturated carbocycles. The molecule has 2 saturated heterocycles. The summed E-state index contributed by atoms with van der Waals surface area (Å²) in [5.74, 6) is -4.49. The van der Waals surface area contributed by atoms with Gasteiger partial charge in [0, 0.05) is 31.7 Å². The van der Waals surface area contributed by atoms with E-state index in [2.05, 4.69) is 26.1 Å².